The van der Waals surface area contributed by atoms with E-state index in [-0.39, 0.29) is 12.4 Å². The van der Waals surface area contributed by atoms with Crippen LogP contribution in [-0.4, -0.2) is 9.97 Å². The minimum Gasteiger partial charge on any atom is -0.424 e. The third-order valence-corrected chi connectivity index (χ3v) is 3.98. The van der Waals surface area contributed by atoms with E-state index in [0.717, 1.165) is 25.1 Å². The van der Waals surface area contributed by atoms with Gasteiger partial charge in [0.25, 0.3) is 0 Å². The van der Waals surface area contributed by atoms with Crippen LogP contribution in [0.3, 0.4) is 0 Å². The van der Waals surface area contributed by atoms with Gasteiger partial charge in [-0.3, -0.25) is 0 Å². The largest absolute Gasteiger partial charge is 0.424 e. The van der Waals surface area contributed by atoms with Gasteiger partial charge >= 0.3 is 6.01 Å². The Morgan fingerprint density at radius 2 is 1.73 bits per heavy atom. The molecule has 1 atom stereocenters. The zero-order chi connectivity index (χ0) is 17.3. The SMILES string of the molecule is CCCC(NCc1cccc(Oc2ncccn2)c1)c1ccccc1.Cl. The fraction of sp³-hybridized carbons (Fsp3) is 0.238. The van der Waals surface area contributed by atoms with Crippen molar-refractivity contribution in [1.29, 1.82) is 0 Å². The molecule has 0 aliphatic heterocycles. The fourth-order valence-electron chi connectivity index (χ4n) is 2.76. The van der Waals surface area contributed by atoms with Gasteiger partial charge < -0.3 is 10.1 Å². The van der Waals surface area contributed by atoms with Crippen LogP contribution in [0.1, 0.15) is 36.9 Å². The summed E-state index contributed by atoms with van der Waals surface area (Å²) in [7, 11) is 0. The third-order valence-electron chi connectivity index (χ3n) is 3.98. The summed E-state index contributed by atoms with van der Waals surface area (Å²) in [4.78, 5) is 8.19. The Balaban J connectivity index is 0.00000243. The standard InChI is InChI=1S/C21H23N3O.ClH/c1-2-8-20(18-10-4-3-5-11-18)24-16-17-9-6-12-19(15-17)25-21-22-13-7-14-23-21;/h3-7,9-15,20,24H,2,8,16H2,1H3;1H. The number of hydrogen-bond donors (Lipinski definition) is 1. The van der Waals surface area contributed by atoms with Crippen molar-refractivity contribution in [3.8, 4) is 11.8 Å². The van der Waals surface area contributed by atoms with Crippen molar-refractivity contribution in [3.63, 3.8) is 0 Å². The molecular weight excluding hydrogens is 346 g/mol. The molecule has 26 heavy (non-hydrogen) atoms. The van der Waals surface area contributed by atoms with Crippen molar-refractivity contribution in [2.24, 2.45) is 0 Å². The fourth-order valence-corrected chi connectivity index (χ4v) is 2.76. The van der Waals surface area contributed by atoms with E-state index in [0.29, 0.717) is 12.1 Å². The molecule has 0 saturated carbocycles. The van der Waals surface area contributed by atoms with Crippen LogP contribution in [0.5, 0.6) is 11.8 Å². The first-order valence-electron chi connectivity index (χ1n) is 8.67. The first-order chi connectivity index (χ1) is 12.3. The van der Waals surface area contributed by atoms with E-state index in [1.807, 2.05) is 18.2 Å². The average molecular weight is 370 g/mol. The van der Waals surface area contributed by atoms with Gasteiger partial charge in [-0.15, -0.1) is 12.4 Å². The van der Waals surface area contributed by atoms with Gasteiger partial charge in [0, 0.05) is 25.0 Å². The number of hydrogen-bond acceptors (Lipinski definition) is 4. The van der Waals surface area contributed by atoms with Gasteiger partial charge in [0.15, 0.2) is 0 Å². The molecule has 4 nitrogen and oxygen atoms in total. The minimum atomic E-state index is 0. The number of aromatic nitrogens is 2. The Morgan fingerprint density at radius 3 is 2.46 bits per heavy atom. The normalized spacial score (nSPS) is 11.4. The quantitative estimate of drug-likeness (QED) is 0.583. The average Bonchev–Trinajstić information content (AvgIpc) is 2.67. The first-order valence-corrected chi connectivity index (χ1v) is 8.67. The summed E-state index contributed by atoms with van der Waals surface area (Å²) in [6, 6.07) is 21.1. The highest BCUT2D eigenvalue weighted by atomic mass is 35.5. The molecule has 2 aromatic carbocycles. The second-order valence-corrected chi connectivity index (χ2v) is 5.91. The zero-order valence-electron chi connectivity index (χ0n) is 14.8. The zero-order valence-corrected chi connectivity index (χ0v) is 15.7. The maximum atomic E-state index is 5.71. The van der Waals surface area contributed by atoms with Crippen LogP contribution < -0.4 is 10.1 Å². The Labute approximate surface area is 161 Å². The van der Waals surface area contributed by atoms with Crippen LogP contribution >= 0.6 is 12.4 Å². The van der Waals surface area contributed by atoms with E-state index in [1.54, 1.807) is 18.5 Å². The monoisotopic (exact) mass is 369 g/mol. The molecule has 0 spiro atoms. The molecular formula is C21H24ClN3O. The van der Waals surface area contributed by atoms with E-state index in [4.69, 9.17) is 4.74 Å². The molecule has 0 aliphatic carbocycles. The molecule has 1 heterocycles. The van der Waals surface area contributed by atoms with Gasteiger partial charge in [-0.25, -0.2) is 9.97 Å². The second-order valence-electron chi connectivity index (χ2n) is 5.91. The molecule has 0 radical (unpaired) electrons. The molecule has 1 unspecified atom stereocenters. The Morgan fingerprint density at radius 1 is 0.962 bits per heavy atom. The number of benzene rings is 2. The lowest BCUT2D eigenvalue weighted by atomic mass is 10.0. The van der Waals surface area contributed by atoms with Crippen LogP contribution in [0, 0.1) is 0 Å². The number of rotatable bonds is 8. The topological polar surface area (TPSA) is 47.0 Å². The molecule has 0 amide bonds. The van der Waals surface area contributed by atoms with Gasteiger partial charge in [0.05, 0.1) is 0 Å². The van der Waals surface area contributed by atoms with E-state index in [9.17, 15) is 0 Å². The highest BCUT2D eigenvalue weighted by Gasteiger charge is 2.10. The van der Waals surface area contributed by atoms with Gasteiger partial charge in [-0.05, 0) is 35.7 Å². The molecule has 0 bridgehead atoms. The van der Waals surface area contributed by atoms with E-state index >= 15 is 0 Å². The third kappa shape index (κ3) is 5.83. The predicted molar refractivity (Wildman–Crippen MR) is 107 cm³/mol. The summed E-state index contributed by atoms with van der Waals surface area (Å²) >= 11 is 0. The lowest BCUT2D eigenvalue weighted by Gasteiger charge is -2.19. The van der Waals surface area contributed by atoms with Crippen LogP contribution in [-0.2, 0) is 6.54 Å². The second kappa shape index (κ2) is 10.5. The van der Waals surface area contributed by atoms with Crippen molar-refractivity contribution in [2.45, 2.75) is 32.4 Å². The maximum Gasteiger partial charge on any atom is 0.321 e. The van der Waals surface area contributed by atoms with Crippen LogP contribution in [0.2, 0.25) is 0 Å². The van der Waals surface area contributed by atoms with Crippen molar-refractivity contribution < 1.29 is 4.74 Å². The summed E-state index contributed by atoms with van der Waals surface area (Å²) in [5.41, 5.74) is 2.50. The van der Waals surface area contributed by atoms with Crippen LogP contribution in [0.15, 0.2) is 73.1 Å². The molecule has 0 fully saturated rings. The first kappa shape index (κ1) is 19.9. The Kier molecular flexibility index (Phi) is 8.06. The molecule has 3 rings (SSSR count). The van der Waals surface area contributed by atoms with Gasteiger partial charge in [0.1, 0.15) is 5.75 Å². The molecule has 1 aromatic heterocycles. The van der Waals surface area contributed by atoms with Crippen molar-refractivity contribution >= 4 is 12.4 Å². The molecule has 3 aromatic rings. The maximum absolute atomic E-state index is 5.71. The number of ether oxygens (including phenoxy) is 1. The van der Waals surface area contributed by atoms with Gasteiger partial charge in [0.2, 0.25) is 0 Å². The van der Waals surface area contributed by atoms with Crippen molar-refractivity contribution in [1.82, 2.24) is 15.3 Å². The predicted octanol–water partition coefficient (Wildman–Crippen LogP) is 5.32. The van der Waals surface area contributed by atoms with E-state index in [2.05, 4.69) is 58.6 Å². The molecule has 0 aliphatic rings. The molecule has 5 heteroatoms. The van der Waals surface area contributed by atoms with Crippen LogP contribution in [0.25, 0.3) is 0 Å². The highest BCUT2D eigenvalue weighted by Crippen LogP contribution is 2.21. The summed E-state index contributed by atoms with van der Waals surface area (Å²) in [5, 5.41) is 3.66. The molecule has 136 valence electrons. The number of halogens is 1. The smallest absolute Gasteiger partial charge is 0.321 e. The summed E-state index contributed by atoms with van der Waals surface area (Å²) < 4.78 is 5.71. The van der Waals surface area contributed by atoms with E-state index < -0.39 is 0 Å². The number of nitrogens with zero attached hydrogens (tertiary/aromatic N) is 2. The Hall–Kier alpha value is -2.43. The molecule has 1 N–H and O–H groups in total. The number of nitrogens with one attached hydrogen (secondary N) is 1. The molecule has 0 saturated heterocycles. The van der Waals surface area contributed by atoms with Gasteiger partial charge in [-0.2, -0.15) is 0 Å². The summed E-state index contributed by atoms with van der Waals surface area (Å²) in [6.07, 6.45) is 5.59. The minimum absolute atomic E-state index is 0. The highest BCUT2D eigenvalue weighted by molar-refractivity contribution is 5.85. The lowest BCUT2D eigenvalue weighted by molar-refractivity contribution is 0.440. The lowest BCUT2D eigenvalue weighted by Crippen LogP contribution is -2.20. The summed E-state index contributed by atoms with van der Waals surface area (Å²) in [6.45, 7) is 3.00. The van der Waals surface area contributed by atoms with Crippen molar-refractivity contribution in [2.75, 3.05) is 0 Å². The van der Waals surface area contributed by atoms with E-state index in [1.165, 1.54) is 11.1 Å². The summed E-state index contributed by atoms with van der Waals surface area (Å²) in [5.74, 6) is 0.747. The van der Waals surface area contributed by atoms with Crippen LogP contribution in [0.4, 0.5) is 0 Å². The Bertz CT molecular complexity index is 768. The van der Waals surface area contributed by atoms with Crippen molar-refractivity contribution in [3.05, 3.63) is 84.2 Å². The van der Waals surface area contributed by atoms with Gasteiger partial charge in [-0.1, -0.05) is 55.8 Å².